The number of carbonyl (C=O) groups excluding carboxylic acids is 1. The number of benzene rings is 1. The fourth-order valence-electron chi connectivity index (χ4n) is 2.19. The lowest BCUT2D eigenvalue weighted by Gasteiger charge is -2.12. The number of hydrogen-bond acceptors (Lipinski definition) is 7. The highest BCUT2D eigenvalue weighted by Gasteiger charge is 2.12. The van der Waals surface area contributed by atoms with Gasteiger partial charge in [0.15, 0.2) is 0 Å². The molecule has 1 N–H and O–H groups in total. The molecular formula is C17H17N3O3S. The first-order chi connectivity index (χ1) is 11.7. The predicted molar refractivity (Wildman–Crippen MR) is 93.0 cm³/mol. The van der Waals surface area contributed by atoms with Crippen LogP contribution in [-0.4, -0.2) is 28.8 Å². The first-order valence-electron chi connectivity index (χ1n) is 7.42. The van der Waals surface area contributed by atoms with Gasteiger partial charge in [0.25, 0.3) is 0 Å². The van der Waals surface area contributed by atoms with Gasteiger partial charge in [0.05, 0.1) is 31.3 Å². The van der Waals surface area contributed by atoms with E-state index < -0.39 is 0 Å². The summed E-state index contributed by atoms with van der Waals surface area (Å²) in [7, 11) is 1.36. The Kier molecular flexibility index (Phi) is 5.00. The van der Waals surface area contributed by atoms with Crippen molar-refractivity contribution in [3.8, 4) is 0 Å². The molecule has 3 rings (SSSR count). The summed E-state index contributed by atoms with van der Waals surface area (Å²) in [6.45, 7) is 1.99. The third kappa shape index (κ3) is 3.86. The van der Waals surface area contributed by atoms with Gasteiger partial charge >= 0.3 is 5.97 Å². The van der Waals surface area contributed by atoms with Crippen molar-refractivity contribution in [2.24, 2.45) is 0 Å². The summed E-state index contributed by atoms with van der Waals surface area (Å²) in [6.07, 6.45) is 3.26. The molecule has 6 nitrogen and oxygen atoms in total. The summed E-state index contributed by atoms with van der Waals surface area (Å²) < 4.78 is 10.5. The number of hydrogen-bond donors (Lipinski definition) is 1. The van der Waals surface area contributed by atoms with Crippen molar-refractivity contribution in [2.75, 3.05) is 18.2 Å². The number of anilines is 1. The Hall–Kier alpha value is -2.54. The smallest absolute Gasteiger partial charge is 0.316 e. The van der Waals surface area contributed by atoms with Crippen LogP contribution in [0.25, 0.3) is 11.0 Å². The first-order valence-corrected chi connectivity index (χ1v) is 8.41. The fraction of sp³-hybridized carbons (Fsp3) is 0.235. The van der Waals surface area contributed by atoms with Crippen LogP contribution in [0, 0.1) is 0 Å². The van der Waals surface area contributed by atoms with E-state index in [1.54, 1.807) is 12.4 Å². The Morgan fingerprint density at radius 2 is 2.21 bits per heavy atom. The molecule has 1 aromatic carbocycles. The lowest BCUT2D eigenvalue weighted by molar-refractivity contribution is -0.137. The van der Waals surface area contributed by atoms with Crippen molar-refractivity contribution in [3.63, 3.8) is 0 Å². The molecule has 0 fully saturated rings. The van der Waals surface area contributed by atoms with Gasteiger partial charge in [-0.15, -0.1) is 0 Å². The van der Waals surface area contributed by atoms with Crippen molar-refractivity contribution >= 4 is 34.5 Å². The van der Waals surface area contributed by atoms with E-state index in [0.717, 1.165) is 16.7 Å². The molecule has 0 radical (unpaired) electrons. The third-order valence-corrected chi connectivity index (χ3v) is 4.29. The van der Waals surface area contributed by atoms with Gasteiger partial charge in [0.2, 0.25) is 0 Å². The molecule has 24 heavy (non-hydrogen) atoms. The predicted octanol–water partition coefficient (Wildman–Crippen LogP) is 3.66. The minimum Gasteiger partial charge on any atom is -0.468 e. The highest BCUT2D eigenvalue weighted by molar-refractivity contribution is 7.99. The van der Waals surface area contributed by atoms with Crippen molar-refractivity contribution in [2.45, 2.75) is 18.0 Å². The number of fused-ring (bicyclic) bond motifs is 1. The van der Waals surface area contributed by atoms with Gasteiger partial charge in [-0.2, -0.15) is 0 Å². The normalized spacial score (nSPS) is 12.1. The number of para-hydroxylation sites is 1. The summed E-state index contributed by atoms with van der Waals surface area (Å²) in [6, 6.07) is 9.83. The first kappa shape index (κ1) is 16.3. The standard InChI is InChI=1S/C17H17N3O3S/c1-11(14-7-12-5-3-4-6-13(12)23-14)19-15-8-18-9-16(20-15)24-10-17(21)22-2/h3-9,11H,10H2,1-2H3,(H,19,20)/t11-/m1/s1. The number of carbonyl (C=O) groups is 1. The molecule has 0 amide bonds. The maximum atomic E-state index is 11.2. The van der Waals surface area contributed by atoms with Gasteiger partial charge in [-0.3, -0.25) is 9.78 Å². The second kappa shape index (κ2) is 7.35. The molecule has 0 bridgehead atoms. The Morgan fingerprint density at radius 1 is 1.38 bits per heavy atom. The second-order valence-corrected chi connectivity index (χ2v) is 6.16. The van der Waals surface area contributed by atoms with E-state index >= 15 is 0 Å². The van der Waals surface area contributed by atoms with Crippen molar-refractivity contribution < 1.29 is 13.9 Å². The summed E-state index contributed by atoms with van der Waals surface area (Å²) in [4.78, 5) is 19.8. The van der Waals surface area contributed by atoms with Gasteiger partial charge in [-0.25, -0.2) is 4.98 Å². The summed E-state index contributed by atoms with van der Waals surface area (Å²) in [5.74, 6) is 1.35. The largest absolute Gasteiger partial charge is 0.468 e. The maximum Gasteiger partial charge on any atom is 0.316 e. The van der Waals surface area contributed by atoms with Crippen LogP contribution in [0.5, 0.6) is 0 Å². The number of rotatable bonds is 6. The van der Waals surface area contributed by atoms with E-state index in [0.29, 0.717) is 10.8 Å². The van der Waals surface area contributed by atoms with Crippen LogP contribution in [0.2, 0.25) is 0 Å². The monoisotopic (exact) mass is 343 g/mol. The van der Waals surface area contributed by atoms with Crippen LogP contribution in [0.1, 0.15) is 18.7 Å². The van der Waals surface area contributed by atoms with Crippen LogP contribution in [0.15, 0.2) is 52.2 Å². The van der Waals surface area contributed by atoms with Gasteiger partial charge < -0.3 is 14.5 Å². The molecule has 0 aliphatic rings. The van der Waals surface area contributed by atoms with E-state index in [1.807, 2.05) is 37.3 Å². The van der Waals surface area contributed by atoms with E-state index in [2.05, 4.69) is 20.0 Å². The van der Waals surface area contributed by atoms with Crippen molar-refractivity contribution in [3.05, 3.63) is 48.5 Å². The van der Waals surface area contributed by atoms with Crippen LogP contribution in [0.4, 0.5) is 5.82 Å². The van der Waals surface area contributed by atoms with Crippen LogP contribution < -0.4 is 5.32 Å². The number of thioether (sulfide) groups is 1. The number of methoxy groups -OCH3 is 1. The molecule has 0 aliphatic carbocycles. The summed E-state index contributed by atoms with van der Waals surface area (Å²) >= 11 is 1.28. The lowest BCUT2D eigenvalue weighted by Crippen LogP contribution is -2.08. The molecule has 124 valence electrons. The summed E-state index contributed by atoms with van der Waals surface area (Å²) in [5, 5.41) is 4.98. The van der Waals surface area contributed by atoms with E-state index in [1.165, 1.54) is 18.9 Å². The fourth-order valence-corrected chi connectivity index (χ4v) is 2.87. The Bertz CT molecular complexity index is 817. The number of nitrogens with one attached hydrogen (secondary N) is 1. The van der Waals surface area contributed by atoms with E-state index in [9.17, 15) is 4.79 Å². The van der Waals surface area contributed by atoms with E-state index in [-0.39, 0.29) is 17.8 Å². The molecule has 0 saturated heterocycles. The quantitative estimate of drug-likeness (QED) is 0.540. The average Bonchev–Trinajstić information content (AvgIpc) is 3.04. The average molecular weight is 343 g/mol. The lowest BCUT2D eigenvalue weighted by atomic mass is 10.2. The number of aromatic nitrogens is 2. The zero-order valence-electron chi connectivity index (χ0n) is 13.4. The molecule has 0 saturated carbocycles. The van der Waals surface area contributed by atoms with Crippen LogP contribution in [-0.2, 0) is 9.53 Å². The molecular weight excluding hydrogens is 326 g/mol. The van der Waals surface area contributed by atoms with Crippen molar-refractivity contribution in [1.29, 1.82) is 0 Å². The molecule has 2 aromatic heterocycles. The molecule has 0 spiro atoms. The highest BCUT2D eigenvalue weighted by Crippen LogP contribution is 2.26. The highest BCUT2D eigenvalue weighted by atomic mass is 32.2. The molecule has 0 unspecified atom stereocenters. The number of esters is 1. The zero-order chi connectivity index (χ0) is 16.9. The topological polar surface area (TPSA) is 77.2 Å². The molecule has 2 heterocycles. The van der Waals surface area contributed by atoms with Crippen molar-refractivity contribution in [1.82, 2.24) is 9.97 Å². The Morgan fingerprint density at radius 3 is 3.00 bits per heavy atom. The van der Waals surface area contributed by atoms with Gasteiger partial charge in [-0.05, 0) is 19.1 Å². The van der Waals surface area contributed by atoms with Gasteiger partial charge in [-0.1, -0.05) is 30.0 Å². The minimum atomic E-state index is -0.296. The number of furan rings is 1. The number of nitrogens with zero attached hydrogens (tertiary/aromatic N) is 2. The van der Waals surface area contributed by atoms with Crippen LogP contribution >= 0.6 is 11.8 Å². The SMILES string of the molecule is COC(=O)CSc1cncc(N[C@H](C)c2cc3ccccc3o2)n1. The van der Waals surface area contributed by atoms with Gasteiger partial charge in [0.1, 0.15) is 22.2 Å². The zero-order valence-corrected chi connectivity index (χ0v) is 14.2. The number of ether oxygens (including phenoxy) is 1. The summed E-state index contributed by atoms with van der Waals surface area (Å²) in [5.41, 5.74) is 0.856. The third-order valence-electron chi connectivity index (χ3n) is 3.41. The molecule has 3 aromatic rings. The second-order valence-electron chi connectivity index (χ2n) is 5.16. The maximum absolute atomic E-state index is 11.2. The molecule has 1 atom stereocenters. The van der Waals surface area contributed by atoms with Gasteiger partial charge in [0, 0.05) is 5.39 Å². The Labute approximate surface area is 143 Å². The Balaban J connectivity index is 1.69. The minimum absolute atomic E-state index is 0.0624. The molecule has 7 heteroatoms. The van der Waals surface area contributed by atoms with Crippen LogP contribution in [0.3, 0.4) is 0 Å². The molecule has 0 aliphatic heterocycles. The van der Waals surface area contributed by atoms with E-state index in [4.69, 9.17) is 4.42 Å².